The summed E-state index contributed by atoms with van der Waals surface area (Å²) in [5.41, 5.74) is 2.09. The minimum absolute atomic E-state index is 0.0638. The molecule has 136 valence electrons. The van der Waals surface area contributed by atoms with Crippen LogP contribution in [0.5, 0.6) is 0 Å². The van der Waals surface area contributed by atoms with E-state index in [9.17, 15) is 4.79 Å². The number of thiophene rings is 1. The maximum Gasteiger partial charge on any atom is 0.234 e. The fourth-order valence-corrected chi connectivity index (χ4v) is 3.88. The van der Waals surface area contributed by atoms with Crippen molar-refractivity contribution in [3.8, 4) is 0 Å². The first-order valence-electron chi connectivity index (χ1n) is 8.54. The molecule has 2 aromatic heterocycles. The zero-order chi connectivity index (χ0) is 18.2. The van der Waals surface area contributed by atoms with E-state index in [2.05, 4.69) is 51.3 Å². The zero-order valence-electron chi connectivity index (χ0n) is 14.6. The third-order valence-electron chi connectivity index (χ3n) is 3.76. The normalized spacial score (nSPS) is 10.8. The van der Waals surface area contributed by atoms with Crippen LogP contribution in [-0.4, -0.2) is 31.9 Å². The number of aromatic nitrogens is 4. The topological polar surface area (TPSA) is 72.7 Å². The van der Waals surface area contributed by atoms with Crippen molar-refractivity contribution >= 4 is 34.7 Å². The Morgan fingerprint density at radius 2 is 2.08 bits per heavy atom. The smallest absolute Gasteiger partial charge is 0.234 e. The molecular formula is C18H21N5OS2. The van der Waals surface area contributed by atoms with Crippen LogP contribution in [0, 0.1) is 0 Å². The molecule has 3 rings (SSSR count). The van der Waals surface area contributed by atoms with Gasteiger partial charge in [-0.25, -0.2) is 4.68 Å². The molecule has 0 aliphatic rings. The van der Waals surface area contributed by atoms with Gasteiger partial charge in [0.25, 0.3) is 0 Å². The molecule has 8 heteroatoms. The number of amides is 1. The second-order valence-corrected chi connectivity index (χ2v) is 7.77. The van der Waals surface area contributed by atoms with Crippen LogP contribution in [0.4, 0.5) is 5.69 Å². The van der Waals surface area contributed by atoms with Crippen molar-refractivity contribution in [2.75, 3.05) is 11.1 Å². The molecule has 0 saturated carbocycles. The summed E-state index contributed by atoms with van der Waals surface area (Å²) >= 11 is 3.07. The highest BCUT2D eigenvalue weighted by molar-refractivity contribution is 7.99. The quantitative estimate of drug-likeness (QED) is 0.567. The Hall–Kier alpha value is -2.19. The number of carbonyl (C=O) groups is 1. The summed E-state index contributed by atoms with van der Waals surface area (Å²) in [6.45, 7) is 2.86. The number of aryl methyl sites for hydroxylation is 3. The van der Waals surface area contributed by atoms with Crippen molar-refractivity contribution in [3.63, 3.8) is 0 Å². The van der Waals surface area contributed by atoms with E-state index in [4.69, 9.17) is 0 Å². The first kappa shape index (κ1) is 18.6. The highest BCUT2D eigenvalue weighted by atomic mass is 32.2. The summed E-state index contributed by atoms with van der Waals surface area (Å²) in [6.07, 6.45) is 3.05. The molecule has 2 heterocycles. The molecule has 0 saturated heterocycles. The number of nitrogens with one attached hydrogen (secondary N) is 1. The second kappa shape index (κ2) is 9.49. The number of tetrazole rings is 1. The summed E-state index contributed by atoms with van der Waals surface area (Å²) in [6, 6.07) is 12.1. The number of anilines is 1. The Labute approximate surface area is 161 Å². The lowest BCUT2D eigenvalue weighted by molar-refractivity contribution is -0.113. The third-order valence-corrected chi connectivity index (χ3v) is 5.65. The maximum absolute atomic E-state index is 12.2. The lowest BCUT2D eigenvalue weighted by atomic mass is 10.1. The number of hydrogen-bond donors (Lipinski definition) is 1. The molecule has 26 heavy (non-hydrogen) atoms. The lowest BCUT2D eigenvalue weighted by Crippen LogP contribution is -2.15. The van der Waals surface area contributed by atoms with E-state index in [1.165, 1.54) is 22.2 Å². The molecule has 0 atom stereocenters. The number of rotatable bonds is 9. The third kappa shape index (κ3) is 5.40. The van der Waals surface area contributed by atoms with E-state index in [1.807, 2.05) is 18.2 Å². The van der Waals surface area contributed by atoms with Gasteiger partial charge in [-0.05, 0) is 46.0 Å². The number of carbonyl (C=O) groups excluding carboxylic acids is 1. The molecule has 1 N–H and O–H groups in total. The Morgan fingerprint density at radius 3 is 2.81 bits per heavy atom. The summed E-state index contributed by atoms with van der Waals surface area (Å²) in [5.74, 6) is 0.210. The van der Waals surface area contributed by atoms with E-state index in [0.717, 1.165) is 24.9 Å². The number of benzene rings is 1. The molecule has 0 aliphatic heterocycles. The molecule has 1 amide bonds. The van der Waals surface area contributed by atoms with Crippen LogP contribution < -0.4 is 5.32 Å². The van der Waals surface area contributed by atoms with Crippen molar-refractivity contribution in [2.24, 2.45) is 0 Å². The van der Waals surface area contributed by atoms with Gasteiger partial charge in [0.05, 0.1) is 12.3 Å². The van der Waals surface area contributed by atoms with E-state index in [-0.39, 0.29) is 11.7 Å². The van der Waals surface area contributed by atoms with Gasteiger partial charge in [0, 0.05) is 17.0 Å². The van der Waals surface area contributed by atoms with E-state index < -0.39 is 0 Å². The molecular weight excluding hydrogens is 366 g/mol. The first-order valence-corrected chi connectivity index (χ1v) is 10.4. The average molecular weight is 388 g/mol. The number of thioether (sulfide) groups is 1. The van der Waals surface area contributed by atoms with Crippen LogP contribution in [-0.2, 0) is 24.2 Å². The van der Waals surface area contributed by atoms with Crippen LogP contribution in [0.1, 0.15) is 23.8 Å². The van der Waals surface area contributed by atoms with Gasteiger partial charge in [0.15, 0.2) is 0 Å². The fraction of sp³-hybridized carbons (Fsp3) is 0.333. The highest BCUT2D eigenvalue weighted by Gasteiger charge is 2.10. The first-order chi connectivity index (χ1) is 12.7. The standard InChI is InChI=1S/C18H21N5OS2/c1-2-4-14-6-8-15(9-7-14)19-17(24)13-26-18-20-21-22-23(18)11-10-16-5-3-12-25-16/h3,5-9,12H,2,4,10-11,13H2,1H3,(H,19,24). The minimum atomic E-state index is -0.0638. The van der Waals surface area contributed by atoms with Crippen molar-refractivity contribution < 1.29 is 4.79 Å². The monoisotopic (exact) mass is 387 g/mol. The van der Waals surface area contributed by atoms with Gasteiger partial charge in [-0.3, -0.25) is 4.79 Å². The molecule has 0 spiro atoms. The molecule has 0 aliphatic carbocycles. The Balaban J connectivity index is 1.47. The fourth-order valence-electron chi connectivity index (χ4n) is 2.48. The van der Waals surface area contributed by atoms with Gasteiger partial charge in [-0.1, -0.05) is 43.3 Å². The Bertz CT molecular complexity index is 814. The van der Waals surface area contributed by atoms with Gasteiger partial charge >= 0.3 is 0 Å². The molecule has 0 fully saturated rings. The van der Waals surface area contributed by atoms with Crippen LogP contribution in [0.25, 0.3) is 0 Å². The molecule has 0 unspecified atom stereocenters. The summed E-state index contributed by atoms with van der Waals surface area (Å²) in [5, 5.41) is 17.4. The molecule has 3 aromatic rings. The van der Waals surface area contributed by atoms with Gasteiger partial charge in [0.2, 0.25) is 11.1 Å². The van der Waals surface area contributed by atoms with Gasteiger partial charge in [0.1, 0.15) is 0 Å². The number of hydrogen-bond acceptors (Lipinski definition) is 6. The maximum atomic E-state index is 12.2. The van der Waals surface area contributed by atoms with Gasteiger partial charge < -0.3 is 5.32 Å². The van der Waals surface area contributed by atoms with Crippen LogP contribution in [0.15, 0.2) is 46.9 Å². The molecule has 6 nitrogen and oxygen atoms in total. The minimum Gasteiger partial charge on any atom is -0.325 e. The molecule has 0 bridgehead atoms. The molecule has 0 radical (unpaired) electrons. The van der Waals surface area contributed by atoms with Crippen LogP contribution in [0.2, 0.25) is 0 Å². The summed E-state index contributed by atoms with van der Waals surface area (Å²) in [4.78, 5) is 13.5. The van der Waals surface area contributed by atoms with Crippen molar-refractivity contribution in [3.05, 3.63) is 52.2 Å². The largest absolute Gasteiger partial charge is 0.325 e. The van der Waals surface area contributed by atoms with Gasteiger partial charge in [-0.15, -0.1) is 16.4 Å². The summed E-state index contributed by atoms with van der Waals surface area (Å²) < 4.78 is 1.75. The highest BCUT2D eigenvalue weighted by Crippen LogP contribution is 2.17. The zero-order valence-corrected chi connectivity index (χ0v) is 16.2. The van der Waals surface area contributed by atoms with E-state index in [1.54, 1.807) is 16.0 Å². The van der Waals surface area contributed by atoms with E-state index in [0.29, 0.717) is 11.7 Å². The predicted molar refractivity (Wildman–Crippen MR) is 106 cm³/mol. The van der Waals surface area contributed by atoms with Crippen molar-refractivity contribution in [1.29, 1.82) is 0 Å². The Morgan fingerprint density at radius 1 is 1.23 bits per heavy atom. The Kier molecular flexibility index (Phi) is 6.79. The summed E-state index contributed by atoms with van der Waals surface area (Å²) in [7, 11) is 0. The second-order valence-electron chi connectivity index (χ2n) is 5.80. The van der Waals surface area contributed by atoms with Crippen molar-refractivity contribution in [2.45, 2.75) is 37.9 Å². The predicted octanol–water partition coefficient (Wildman–Crippen LogP) is 3.66. The van der Waals surface area contributed by atoms with Crippen LogP contribution >= 0.6 is 23.1 Å². The lowest BCUT2D eigenvalue weighted by Gasteiger charge is -2.06. The molecule has 1 aromatic carbocycles. The van der Waals surface area contributed by atoms with Crippen LogP contribution in [0.3, 0.4) is 0 Å². The number of nitrogens with zero attached hydrogens (tertiary/aromatic N) is 4. The van der Waals surface area contributed by atoms with E-state index >= 15 is 0 Å². The van der Waals surface area contributed by atoms with Crippen molar-refractivity contribution in [1.82, 2.24) is 20.2 Å². The SMILES string of the molecule is CCCc1ccc(NC(=O)CSc2nnnn2CCc2cccs2)cc1. The average Bonchev–Trinajstić information content (AvgIpc) is 3.31. The van der Waals surface area contributed by atoms with Gasteiger partial charge in [-0.2, -0.15) is 0 Å².